The first-order chi connectivity index (χ1) is 8.24. The fourth-order valence-corrected chi connectivity index (χ4v) is 1.05. The minimum Gasteiger partial charge on any atom is -0.501 e. The summed E-state index contributed by atoms with van der Waals surface area (Å²) in [4.78, 5) is 20.8. The average molecular weight is 236 g/mol. The summed E-state index contributed by atoms with van der Waals surface area (Å²) in [7, 11) is 0. The molecule has 0 aliphatic carbocycles. The molecule has 0 N–H and O–H groups in total. The predicted octanol–water partition coefficient (Wildman–Crippen LogP) is 2.60. The topological polar surface area (TPSA) is 44.8 Å². The number of carbonyl (C=O) groups excluding carboxylic acids is 1. The smallest absolute Gasteiger partial charge is 0.371 e. The van der Waals surface area contributed by atoms with Crippen molar-refractivity contribution in [2.45, 2.75) is 20.5 Å². The number of ether oxygens (including phenoxy) is 1. The van der Waals surface area contributed by atoms with Crippen LogP contribution < -0.4 is 0 Å². The zero-order chi connectivity index (χ0) is 12.5. The minimum absolute atomic E-state index is 0.231. The molecule has 4 heteroatoms. The first-order valence-electron chi connectivity index (χ1n) is 5.40. The van der Waals surface area contributed by atoms with E-state index in [1.165, 1.54) is 6.26 Å². The van der Waals surface area contributed by atoms with Crippen molar-refractivity contribution in [3.63, 3.8) is 0 Å². The molecule has 4 nitrogen and oxygen atoms in total. The summed E-state index contributed by atoms with van der Waals surface area (Å²) >= 11 is 0. The van der Waals surface area contributed by atoms with E-state index in [0.717, 1.165) is 5.56 Å². The van der Waals surface area contributed by atoms with Gasteiger partial charge in [-0.15, -0.1) is 0 Å². The number of benzene rings is 1. The molecule has 0 aliphatic rings. The van der Waals surface area contributed by atoms with E-state index in [0.29, 0.717) is 12.2 Å². The van der Waals surface area contributed by atoms with Crippen LogP contribution in [0.5, 0.6) is 0 Å². The lowest BCUT2D eigenvalue weighted by atomic mass is 10.2. The van der Waals surface area contributed by atoms with Crippen LogP contribution in [-0.2, 0) is 25.9 Å². The predicted molar refractivity (Wildman–Crippen MR) is 62.7 cm³/mol. The van der Waals surface area contributed by atoms with Crippen molar-refractivity contribution in [3.05, 3.63) is 47.7 Å². The largest absolute Gasteiger partial charge is 0.501 e. The third kappa shape index (κ3) is 5.17. The van der Waals surface area contributed by atoms with Crippen LogP contribution in [0.15, 0.2) is 42.2 Å². The third-order valence-electron chi connectivity index (χ3n) is 1.95. The molecule has 0 atom stereocenters. The molecule has 0 aliphatic heterocycles. The first-order valence-corrected chi connectivity index (χ1v) is 5.40. The highest BCUT2D eigenvalue weighted by molar-refractivity contribution is 5.86. The molecule has 0 heterocycles. The molecule has 0 spiro atoms. The van der Waals surface area contributed by atoms with Gasteiger partial charge in [-0.05, 0) is 19.4 Å². The van der Waals surface area contributed by atoms with Crippen LogP contribution in [0.1, 0.15) is 19.4 Å². The highest BCUT2D eigenvalue weighted by Gasteiger charge is 2.07. The maximum absolute atomic E-state index is 11.3. The molecule has 0 fully saturated rings. The maximum Gasteiger partial charge on any atom is 0.371 e. The molecular formula is C13H16O4. The Balaban J connectivity index is 2.29. The monoisotopic (exact) mass is 236 g/mol. The van der Waals surface area contributed by atoms with Crippen molar-refractivity contribution in [3.8, 4) is 0 Å². The molecule has 0 saturated carbocycles. The zero-order valence-corrected chi connectivity index (χ0v) is 10.0. The summed E-state index contributed by atoms with van der Waals surface area (Å²) in [5, 5.41) is 0. The van der Waals surface area contributed by atoms with Crippen LogP contribution in [0.4, 0.5) is 0 Å². The van der Waals surface area contributed by atoms with Gasteiger partial charge in [0.05, 0.1) is 18.4 Å². The summed E-state index contributed by atoms with van der Waals surface area (Å²) < 4.78 is 4.96. The normalized spacial score (nSPS) is 11.1. The van der Waals surface area contributed by atoms with Gasteiger partial charge in [0.1, 0.15) is 6.61 Å². The SMILES string of the molecule is CCOC=C(C)C(=O)OOCc1ccccc1. The molecule has 1 aromatic rings. The lowest BCUT2D eigenvalue weighted by molar-refractivity contribution is -0.276. The van der Waals surface area contributed by atoms with Gasteiger partial charge in [-0.2, -0.15) is 4.89 Å². The van der Waals surface area contributed by atoms with E-state index in [2.05, 4.69) is 4.89 Å². The Kier molecular flexibility index (Phi) is 5.82. The summed E-state index contributed by atoms with van der Waals surface area (Å²) in [5.41, 5.74) is 1.30. The quantitative estimate of drug-likeness (QED) is 0.329. The van der Waals surface area contributed by atoms with E-state index < -0.39 is 5.97 Å². The second-order valence-corrected chi connectivity index (χ2v) is 3.37. The fourth-order valence-electron chi connectivity index (χ4n) is 1.05. The van der Waals surface area contributed by atoms with E-state index in [1.54, 1.807) is 6.92 Å². The Morgan fingerprint density at radius 3 is 2.65 bits per heavy atom. The van der Waals surface area contributed by atoms with Gasteiger partial charge in [0.2, 0.25) is 0 Å². The Morgan fingerprint density at radius 2 is 2.00 bits per heavy atom. The molecule has 0 unspecified atom stereocenters. The third-order valence-corrected chi connectivity index (χ3v) is 1.95. The first kappa shape index (κ1) is 13.3. The van der Waals surface area contributed by atoms with E-state index in [9.17, 15) is 4.79 Å². The highest BCUT2D eigenvalue weighted by Crippen LogP contribution is 2.03. The molecule has 92 valence electrons. The van der Waals surface area contributed by atoms with Crippen LogP contribution in [-0.4, -0.2) is 12.6 Å². The molecule has 0 aromatic heterocycles. The van der Waals surface area contributed by atoms with Crippen molar-refractivity contribution < 1.29 is 19.3 Å². The summed E-state index contributed by atoms with van der Waals surface area (Å²) in [6.45, 7) is 4.18. The van der Waals surface area contributed by atoms with Crippen LogP contribution in [0.2, 0.25) is 0 Å². The lowest BCUT2D eigenvalue weighted by Crippen LogP contribution is -2.07. The Morgan fingerprint density at radius 1 is 1.29 bits per heavy atom. The van der Waals surface area contributed by atoms with E-state index in [-0.39, 0.29) is 6.61 Å². The number of carbonyl (C=O) groups is 1. The standard InChI is InChI=1S/C13H16O4/c1-3-15-9-11(2)13(14)17-16-10-12-7-5-4-6-8-12/h4-9H,3,10H2,1-2H3. The van der Waals surface area contributed by atoms with Gasteiger partial charge in [0.25, 0.3) is 0 Å². The zero-order valence-electron chi connectivity index (χ0n) is 10.0. The van der Waals surface area contributed by atoms with Crippen molar-refractivity contribution in [1.82, 2.24) is 0 Å². The molecule has 1 rings (SSSR count). The molecule has 0 amide bonds. The lowest BCUT2D eigenvalue weighted by Gasteiger charge is -2.04. The van der Waals surface area contributed by atoms with Gasteiger partial charge in [-0.1, -0.05) is 30.3 Å². The van der Waals surface area contributed by atoms with Gasteiger partial charge in [0, 0.05) is 0 Å². The van der Waals surface area contributed by atoms with Gasteiger partial charge >= 0.3 is 5.97 Å². The molecular weight excluding hydrogens is 220 g/mol. The Hall–Kier alpha value is -1.81. The molecule has 17 heavy (non-hydrogen) atoms. The number of rotatable bonds is 6. The molecule has 0 radical (unpaired) electrons. The Labute approximate surface area is 101 Å². The summed E-state index contributed by atoms with van der Waals surface area (Å²) in [5.74, 6) is -0.547. The minimum atomic E-state index is -0.547. The van der Waals surface area contributed by atoms with E-state index in [4.69, 9.17) is 9.62 Å². The number of hydrogen-bond acceptors (Lipinski definition) is 4. The van der Waals surface area contributed by atoms with Crippen LogP contribution in [0, 0.1) is 0 Å². The van der Waals surface area contributed by atoms with Crippen molar-refractivity contribution >= 4 is 5.97 Å². The Bertz CT molecular complexity index is 370. The molecule has 0 saturated heterocycles. The highest BCUT2D eigenvalue weighted by atomic mass is 17.2. The van der Waals surface area contributed by atoms with Gasteiger partial charge in [-0.3, -0.25) is 4.89 Å². The van der Waals surface area contributed by atoms with E-state index >= 15 is 0 Å². The summed E-state index contributed by atoms with van der Waals surface area (Å²) in [6, 6.07) is 9.46. The number of hydrogen-bond donors (Lipinski definition) is 0. The second kappa shape index (κ2) is 7.46. The van der Waals surface area contributed by atoms with Gasteiger partial charge < -0.3 is 4.74 Å². The van der Waals surface area contributed by atoms with E-state index in [1.807, 2.05) is 37.3 Å². The van der Waals surface area contributed by atoms with Crippen LogP contribution >= 0.6 is 0 Å². The van der Waals surface area contributed by atoms with Crippen molar-refractivity contribution in [1.29, 1.82) is 0 Å². The molecule has 1 aromatic carbocycles. The van der Waals surface area contributed by atoms with Gasteiger partial charge in [-0.25, -0.2) is 4.79 Å². The van der Waals surface area contributed by atoms with Crippen molar-refractivity contribution in [2.75, 3.05) is 6.61 Å². The van der Waals surface area contributed by atoms with Gasteiger partial charge in [0.15, 0.2) is 0 Å². The van der Waals surface area contributed by atoms with Crippen molar-refractivity contribution in [2.24, 2.45) is 0 Å². The average Bonchev–Trinajstić information content (AvgIpc) is 2.37. The second-order valence-electron chi connectivity index (χ2n) is 3.37. The molecule has 0 bridgehead atoms. The van der Waals surface area contributed by atoms with Crippen LogP contribution in [0.3, 0.4) is 0 Å². The maximum atomic E-state index is 11.3. The van der Waals surface area contributed by atoms with Crippen LogP contribution in [0.25, 0.3) is 0 Å². The fraction of sp³-hybridized carbons (Fsp3) is 0.308. The summed E-state index contributed by atoms with van der Waals surface area (Å²) in [6.07, 6.45) is 1.36.